The number of amides is 2. The van der Waals surface area contributed by atoms with Crippen LogP contribution in [0.4, 0.5) is 5.69 Å². The second kappa shape index (κ2) is 8.07. The maximum Gasteiger partial charge on any atom is 0.288 e. The first-order valence-electron chi connectivity index (χ1n) is 7.04. The fourth-order valence-electron chi connectivity index (χ4n) is 1.96. The Labute approximate surface area is 142 Å². The van der Waals surface area contributed by atoms with Gasteiger partial charge in [0, 0.05) is 18.1 Å². The van der Waals surface area contributed by atoms with Crippen molar-refractivity contribution in [2.45, 2.75) is 12.8 Å². The molecule has 124 valence electrons. The molecule has 0 spiro atoms. The third-order valence-electron chi connectivity index (χ3n) is 3.20. The van der Waals surface area contributed by atoms with Gasteiger partial charge < -0.3 is 0 Å². The molecule has 2 rings (SSSR count). The maximum atomic E-state index is 11.9. The van der Waals surface area contributed by atoms with Crippen molar-refractivity contribution >= 4 is 29.1 Å². The van der Waals surface area contributed by atoms with E-state index in [0.717, 1.165) is 11.6 Å². The van der Waals surface area contributed by atoms with E-state index in [2.05, 4.69) is 10.9 Å². The summed E-state index contributed by atoms with van der Waals surface area (Å²) in [6.07, 6.45) is 0.736. The molecule has 0 radical (unpaired) electrons. The van der Waals surface area contributed by atoms with Crippen molar-refractivity contribution < 1.29 is 14.5 Å². The van der Waals surface area contributed by atoms with Gasteiger partial charge in [-0.15, -0.1) is 0 Å². The van der Waals surface area contributed by atoms with Gasteiger partial charge in [0.05, 0.1) is 4.92 Å². The van der Waals surface area contributed by atoms with Crippen LogP contribution in [-0.2, 0) is 11.2 Å². The van der Waals surface area contributed by atoms with E-state index in [4.69, 9.17) is 11.6 Å². The van der Waals surface area contributed by atoms with E-state index in [1.165, 1.54) is 12.1 Å². The standard InChI is InChI=1S/C16H14ClN3O4/c17-13-8-7-12(10-14(13)20(23)24)16(22)19-18-15(21)9-6-11-4-2-1-3-5-11/h1-5,7-8,10H,6,9H2,(H,18,21)(H,19,22). The molecule has 2 aromatic rings. The predicted molar refractivity (Wildman–Crippen MR) is 88.5 cm³/mol. The van der Waals surface area contributed by atoms with Crippen LogP contribution in [0.2, 0.25) is 5.02 Å². The fraction of sp³-hybridized carbons (Fsp3) is 0.125. The van der Waals surface area contributed by atoms with Crippen LogP contribution in [0.3, 0.4) is 0 Å². The van der Waals surface area contributed by atoms with Gasteiger partial charge >= 0.3 is 0 Å². The highest BCUT2D eigenvalue weighted by atomic mass is 35.5. The highest BCUT2D eigenvalue weighted by molar-refractivity contribution is 6.32. The monoisotopic (exact) mass is 347 g/mol. The van der Waals surface area contributed by atoms with Gasteiger partial charge in [-0.25, -0.2) is 0 Å². The second-order valence-electron chi connectivity index (χ2n) is 4.91. The molecule has 0 aliphatic rings. The Kier molecular flexibility index (Phi) is 5.86. The maximum absolute atomic E-state index is 11.9. The quantitative estimate of drug-likeness (QED) is 0.641. The largest absolute Gasteiger partial charge is 0.288 e. The third-order valence-corrected chi connectivity index (χ3v) is 3.52. The Morgan fingerprint density at radius 3 is 2.46 bits per heavy atom. The summed E-state index contributed by atoms with van der Waals surface area (Å²) in [6, 6.07) is 13.1. The van der Waals surface area contributed by atoms with Crippen LogP contribution in [0.25, 0.3) is 0 Å². The molecule has 2 N–H and O–H groups in total. The molecule has 2 amide bonds. The molecule has 0 aromatic heterocycles. The van der Waals surface area contributed by atoms with E-state index in [-0.39, 0.29) is 28.6 Å². The van der Waals surface area contributed by atoms with Gasteiger partial charge in [-0.05, 0) is 24.1 Å². The fourth-order valence-corrected chi connectivity index (χ4v) is 2.14. The minimum Gasteiger partial charge on any atom is -0.273 e. The average Bonchev–Trinajstić information content (AvgIpc) is 2.59. The number of benzene rings is 2. The molecule has 7 nitrogen and oxygen atoms in total. The number of aryl methyl sites for hydroxylation is 1. The van der Waals surface area contributed by atoms with Crippen LogP contribution in [0.5, 0.6) is 0 Å². The zero-order valence-corrected chi connectivity index (χ0v) is 13.2. The molecule has 0 unspecified atom stereocenters. The first-order chi connectivity index (χ1) is 11.5. The highest BCUT2D eigenvalue weighted by Crippen LogP contribution is 2.24. The smallest absolute Gasteiger partial charge is 0.273 e. The SMILES string of the molecule is O=C(CCc1ccccc1)NNC(=O)c1ccc(Cl)c([N+](=O)[O-])c1. The number of nitrogens with one attached hydrogen (secondary N) is 2. The van der Waals surface area contributed by atoms with Gasteiger partial charge in [0.25, 0.3) is 11.6 Å². The van der Waals surface area contributed by atoms with Gasteiger partial charge in [-0.3, -0.25) is 30.6 Å². The Bertz CT molecular complexity index is 765. The van der Waals surface area contributed by atoms with E-state index in [1.54, 1.807) is 0 Å². The molecule has 0 saturated carbocycles. The molecule has 0 fully saturated rings. The Hall–Kier alpha value is -2.93. The van der Waals surface area contributed by atoms with Crippen LogP contribution in [0, 0.1) is 10.1 Å². The molecule has 8 heteroatoms. The minimum atomic E-state index is -0.683. The van der Waals surface area contributed by atoms with Crippen LogP contribution >= 0.6 is 11.6 Å². The molecule has 0 aliphatic heterocycles. The Morgan fingerprint density at radius 2 is 1.79 bits per heavy atom. The molecular formula is C16H14ClN3O4. The molecule has 0 heterocycles. The number of nitro benzene ring substituents is 1. The van der Waals surface area contributed by atoms with Crippen LogP contribution in [-0.4, -0.2) is 16.7 Å². The van der Waals surface area contributed by atoms with Crippen molar-refractivity contribution in [2.24, 2.45) is 0 Å². The number of hydrogen-bond acceptors (Lipinski definition) is 4. The minimum absolute atomic E-state index is 0.0226. The number of halogens is 1. The number of nitrogens with zero attached hydrogens (tertiary/aromatic N) is 1. The first-order valence-corrected chi connectivity index (χ1v) is 7.42. The molecule has 0 bridgehead atoms. The van der Waals surface area contributed by atoms with Crippen molar-refractivity contribution in [3.05, 3.63) is 74.8 Å². The molecule has 24 heavy (non-hydrogen) atoms. The lowest BCUT2D eigenvalue weighted by molar-refractivity contribution is -0.384. The van der Waals surface area contributed by atoms with Gasteiger partial charge in [-0.2, -0.15) is 0 Å². The zero-order valence-electron chi connectivity index (χ0n) is 12.5. The summed E-state index contributed by atoms with van der Waals surface area (Å²) in [5, 5.41) is 10.7. The lowest BCUT2D eigenvalue weighted by atomic mass is 10.1. The summed E-state index contributed by atoms with van der Waals surface area (Å²) >= 11 is 5.68. The molecule has 0 aliphatic carbocycles. The lowest BCUT2D eigenvalue weighted by Crippen LogP contribution is -2.41. The lowest BCUT2D eigenvalue weighted by Gasteiger charge is -2.07. The van der Waals surface area contributed by atoms with Crippen LogP contribution < -0.4 is 10.9 Å². The molecule has 0 saturated heterocycles. The summed E-state index contributed by atoms with van der Waals surface area (Å²) in [4.78, 5) is 33.8. The number of nitro groups is 1. The van der Waals surface area contributed by atoms with Crippen molar-refractivity contribution in [1.29, 1.82) is 0 Å². The molecule has 0 atom stereocenters. The van der Waals surface area contributed by atoms with Gasteiger partial charge in [0.2, 0.25) is 5.91 Å². The van der Waals surface area contributed by atoms with Crippen LogP contribution in [0.15, 0.2) is 48.5 Å². The van der Waals surface area contributed by atoms with Crippen LogP contribution in [0.1, 0.15) is 22.3 Å². The van der Waals surface area contributed by atoms with Crippen molar-refractivity contribution in [2.75, 3.05) is 0 Å². The highest BCUT2D eigenvalue weighted by Gasteiger charge is 2.16. The van der Waals surface area contributed by atoms with E-state index in [1.807, 2.05) is 30.3 Å². The van der Waals surface area contributed by atoms with Crippen molar-refractivity contribution in [3.63, 3.8) is 0 Å². The summed E-state index contributed by atoms with van der Waals surface area (Å²) < 4.78 is 0. The Morgan fingerprint density at radius 1 is 1.08 bits per heavy atom. The molecular weight excluding hydrogens is 334 g/mol. The summed E-state index contributed by atoms with van der Waals surface area (Å²) in [5.41, 5.74) is 5.14. The predicted octanol–water partition coefficient (Wildman–Crippen LogP) is 2.64. The number of carbonyl (C=O) groups is 2. The van der Waals surface area contributed by atoms with Gasteiger partial charge in [-0.1, -0.05) is 41.9 Å². The Balaban J connectivity index is 1.87. The normalized spacial score (nSPS) is 10.0. The third kappa shape index (κ3) is 4.79. The topological polar surface area (TPSA) is 101 Å². The number of hydrazine groups is 1. The number of carbonyl (C=O) groups excluding carboxylic acids is 2. The summed E-state index contributed by atoms with van der Waals surface area (Å²) in [6.45, 7) is 0. The summed E-state index contributed by atoms with van der Waals surface area (Å²) in [7, 11) is 0. The van der Waals surface area contributed by atoms with Crippen molar-refractivity contribution in [3.8, 4) is 0 Å². The van der Waals surface area contributed by atoms with Crippen molar-refractivity contribution in [1.82, 2.24) is 10.9 Å². The first kappa shape index (κ1) is 17.4. The zero-order chi connectivity index (χ0) is 17.5. The number of hydrogen-bond donors (Lipinski definition) is 2. The molecule has 2 aromatic carbocycles. The van der Waals surface area contributed by atoms with E-state index < -0.39 is 10.8 Å². The van der Waals surface area contributed by atoms with E-state index >= 15 is 0 Å². The number of rotatable bonds is 5. The summed E-state index contributed by atoms with van der Waals surface area (Å²) in [5.74, 6) is -1.03. The van der Waals surface area contributed by atoms with Gasteiger partial charge in [0.1, 0.15) is 5.02 Å². The second-order valence-corrected chi connectivity index (χ2v) is 5.32. The van der Waals surface area contributed by atoms with E-state index in [9.17, 15) is 19.7 Å². The van der Waals surface area contributed by atoms with E-state index in [0.29, 0.717) is 6.42 Å². The average molecular weight is 348 g/mol. The van der Waals surface area contributed by atoms with Gasteiger partial charge in [0.15, 0.2) is 0 Å².